The van der Waals surface area contributed by atoms with E-state index in [9.17, 15) is 14.7 Å². The zero-order valence-electron chi connectivity index (χ0n) is 12.5. The second-order valence-corrected chi connectivity index (χ2v) is 5.72. The lowest BCUT2D eigenvalue weighted by molar-refractivity contribution is -0.137. The van der Waals surface area contributed by atoms with E-state index in [4.69, 9.17) is 0 Å². The first-order valence-corrected chi connectivity index (χ1v) is 7.19. The molecule has 1 amide bonds. The molecule has 0 saturated heterocycles. The van der Waals surface area contributed by atoms with Crippen molar-refractivity contribution in [2.45, 2.75) is 19.4 Å². The van der Waals surface area contributed by atoms with E-state index >= 15 is 0 Å². The Labute approximate surface area is 128 Å². The fourth-order valence-electron chi connectivity index (χ4n) is 2.89. The minimum absolute atomic E-state index is 0.257. The van der Waals surface area contributed by atoms with Crippen molar-refractivity contribution in [1.29, 1.82) is 0 Å². The summed E-state index contributed by atoms with van der Waals surface area (Å²) < 4.78 is 0. The minimum atomic E-state index is -1.84. The van der Waals surface area contributed by atoms with Gasteiger partial charge in [0, 0.05) is 16.8 Å². The van der Waals surface area contributed by atoms with E-state index in [0.29, 0.717) is 16.8 Å². The molecule has 1 aliphatic heterocycles. The summed E-state index contributed by atoms with van der Waals surface area (Å²) >= 11 is 0. The topological polar surface area (TPSA) is 66.4 Å². The lowest BCUT2D eigenvalue weighted by Crippen LogP contribution is -2.44. The van der Waals surface area contributed by atoms with Gasteiger partial charge in [0.2, 0.25) is 0 Å². The summed E-state index contributed by atoms with van der Waals surface area (Å²) in [4.78, 5) is 25.0. The van der Waals surface area contributed by atoms with Crippen molar-refractivity contribution in [2.24, 2.45) is 5.92 Å². The van der Waals surface area contributed by atoms with E-state index in [2.05, 4.69) is 5.32 Å². The Morgan fingerprint density at radius 3 is 2.55 bits per heavy atom. The van der Waals surface area contributed by atoms with Gasteiger partial charge in [0.25, 0.3) is 5.91 Å². The van der Waals surface area contributed by atoms with Gasteiger partial charge in [-0.3, -0.25) is 9.59 Å². The van der Waals surface area contributed by atoms with E-state index in [1.165, 1.54) is 0 Å². The number of Topliss-reactive ketones (excluding diaryl/α,β-unsaturated/α-hetero) is 1. The van der Waals surface area contributed by atoms with Gasteiger partial charge in [0.15, 0.2) is 11.4 Å². The van der Waals surface area contributed by atoms with Gasteiger partial charge in [-0.2, -0.15) is 0 Å². The summed E-state index contributed by atoms with van der Waals surface area (Å²) in [7, 11) is 0. The molecule has 0 spiro atoms. The second kappa shape index (κ2) is 5.07. The van der Waals surface area contributed by atoms with E-state index in [1.54, 1.807) is 43.3 Å². The molecule has 0 fully saturated rings. The summed E-state index contributed by atoms with van der Waals surface area (Å²) in [6.45, 7) is 3.47. The van der Waals surface area contributed by atoms with Crippen molar-refractivity contribution in [3.63, 3.8) is 0 Å². The largest absolute Gasteiger partial charge is 0.375 e. The molecule has 2 atom stereocenters. The average Bonchev–Trinajstić information content (AvgIpc) is 2.79. The Kier molecular flexibility index (Phi) is 3.34. The van der Waals surface area contributed by atoms with Gasteiger partial charge in [0.05, 0.1) is 5.92 Å². The van der Waals surface area contributed by atoms with Crippen LogP contribution in [0.1, 0.15) is 28.4 Å². The number of aliphatic hydroxyl groups is 1. The Hall–Kier alpha value is -2.46. The molecular weight excluding hydrogens is 278 g/mol. The van der Waals surface area contributed by atoms with Gasteiger partial charge in [-0.05, 0) is 13.0 Å². The van der Waals surface area contributed by atoms with Crippen LogP contribution in [-0.2, 0) is 10.4 Å². The Morgan fingerprint density at radius 2 is 1.86 bits per heavy atom. The molecule has 3 rings (SSSR count). The lowest BCUT2D eigenvalue weighted by atomic mass is 9.79. The number of aryl methyl sites for hydroxylation is 1. The Morgan fingerprint density at radius 1 is 1.18 bits per heavy atom. The predicted octanol–water partition coefficient (Wildman–Crippen LogP) is 2.65. The molecule has 0 aliphatic carbocycles. The molecule has 4 nitrogen and oxygen atoms in total. The summed E-state index contributed by atoms with van der Waals surface area (Å²) in [6.07, 6.45) is 0. The molecule has 0 saturated carbocycles. The van der Waals surface area contributed by atoms with Crippen LogP contribution in [0, 0.1) is 12.8 Å². The smallest absolute Gasteiger partial charge is 0.261 e. The first-order chi connectivity index (χ1) is 10.4. The highest BCUT2D eigenvalue weighted by Crippen LogP contribution is 2.42. The molecule has 2 aromatic rings. The number of anilines is 1. The molecule has 0 aromatic heterocycles. The van der Waals surface area contributed by atoms with Crippen molar-refractivity contribution in [3.8, 4) is 0 Å². The van der Waals surface area contributed by atoms with Gasteiger partial charge >= 0.3 is 0 Å². The average molecular weight is 295 g/mol. The summed E-state index contributed by atoms with van der Waals surface area (Å²) in [5, 5.41) is 13.7. The number of carbonyl (C=O) groups excluding carboxylic acids is 2. The molecule has 112 valence electrons. The van der Waals surface area contributed by atoms with Crippen LogP contribution in [0.4, 0.5) is 5.69 Å². The molecule has 2 N–H and O–H groups in total. The number of nitrogens with one attached hydrogen (secondary N) is 1. The van der Waals surface area contributed by atoms with Gasteiger partial charge in [-0.1, -0.05) is 55.0 Å². The molecule has 2 aromatic carbocycles. The quantitative estimate of drug-likeness (QED) is 0.856. The summed E-state index contributed by atoms with van der Waals surface area (Å²) in [5.41, 5.74) is 0.597. The summed E-state index contributed by atoms with van der Waals surface area (Å²) in [5.74, 6) is -1.68. The van der Waals surface area contributed by atoms with Crippen molar-refractivity contribution in [1.82, 2.24) is 0 Å². The number of amides is 1. The van der Waals surface area contributed by atoms with Crippen molar-refractivity contribution in [3.05, 3.63) is 65.2 Å². The van der Waals surface area contributed by atoms with E-state index in [-0.39, 0.29) is 5.78 Å². The normalized spacial score (nSPS) is 21.1. The highest BCUT2D eigenvalue weighted by atomic mass is 16.3. The minimum Gasteiger partial charge on any atom is -0.375 e. The molecule has 0 bridgehead atoms. The van der Waals surface area contributed by atoms with E-state index in [0.717, 1.165) is 5.56 Å². The standard InChI is InChI=1S/C18H17NO3/c1-11-8-9-15-14(10-11)18(22,17(21)19-15)12(2)16(20)13-6-4-3-5-7-13/h3-10,12,22H,1-2H3,(H,19,21)/t12-,18-/m0/s1. The number of ketones is 1. The zero-order valence-corrected chi connectivity index (χ0v) is 12.5. The maximum absolute atomic E-state index is 12.6. The maximum atomic E-state index is 12.6. The third-order valence-corrected chi connectivity index (χ3v) is 4.26. The fraction of sp³-hybridized carbons (Fsp3) is 0.222. The summed E-state index contributed by atoms with van der Waals surface area (Å²) in [6, 6.07) is 14.1. The third kappa shape index (κ3) is 2.04. The van der Waals surface area contributed by atoms with Crippen LogP contribution < -0.4 is 5.32 Å². The van der Waals surface area contributed by atoms with E-state index < -0.39 is 17.4 Å². The number of carbonyl (C=O) groups is 2. The molecule has 4 heteroatoms. The van der Waals surface area contributed by atoms with Gasteiger partial charge in [-0.15, -0.1) is 0 Å². The maximum Gasteiger partial charge on any atom is 0.261 e. The molecule has 1 heterocycles. The molecule has 1 aliphatic rings. The fourth-order valence-corrected chi connectivity index (χ4v) is 2.89. The van der Waals surface area contributed by atoms with Crippen molar-refractivity contribution < 1.29 is 14.7 Å². The van der Waals surface area contributed by atoms with Gasteiger partial charge < -0.3 is 10.4 Å². The first kappa shape index (κ1) is 14.5. The van der Waals surface area contributed by atoms with Crippen LogP contribution >= 0.6 is 0 Å². The van der Waals surface area contributed by atoms with Crippen LogP contribution in [0.5, 0.6) is 0 Å². The Bertz CT molecular complexity index is 754. The highest BCUT2D eigenvalue weighted by Gasteiger charge is 2.51. The number of hydrogen-bond donors (Lipinski definition) is 2. The number of rotatable bonds is 3. The van der Waals surface area contributed by atoms with Gasteiger partial charge in [-0.25, -0.2) is 0 Å². The van der Waals surface area contributed by atoms with Crippen LogP contribution in [0.15, 0.2) is 48.5 Å². The monoisotopic (exact) mass is 295 g/mol. The van der Waals surface area contributed by atoms with Crippen molar-refractivity contribution >= 4 is 17.4 Å². The number of hydrogen-bond acceptors (Lipinski definition) is 3. The zero-order chi connectivity index (χ0) is 15.9. The number of fused-ring (bicyclic) bond motifs is 1. The van der Waals surface area contributed by atoms with Crippen LogP contribution in [0.2, 0.25) is 0 Å². The van der Waals surface area contributed by atoms with E-state index in [1.807, 2.05) is 19.1 Å². The third-order valence-electron chi connectivity index (χ3n) is 4.26. The van der Waals surface area contributed by atoms with Crippen LogP contribution in [-0.4, -0.2) is 16.8 Å². The first-order valence-electron chi connectivity index (χ1n) is 7.19. The number of benzene rings is 2. The Balaban J connectivity index is 2.05. The predicted molar refractivity (Wildman–Crippen MR) is 83.6 cm³/mol. The molecule has 0 radical (unpaired) electrons. The molecule has 22 heavy (non-hydrogen) atoms. The van der Waals surface area contributed by atoms with Gasteiger partial charge in [0.1, 0.15) is 0 Å². The van der Waals surface area contributed by atoms with Crippen LogP contribution in [0.3, 0.4) is 0 Å². The molecule has 0 unspecified atom stereocenters. The second-order valence-electron chi connectivity index (χ2n) is 5.72. The van der Waals surface area contributed by atoms with Crippen LogP contribution in [0.25, 0.3) is 0 Å². The lowest BCUT2D eigenvalue weighted by Gasteiger charge is -2.27. The highest BCUT2D eigenvalue weighted by molar-refractivity contribution is 6.10. The SMILES string of the molecule is Cc1ccc2c(c1)[C@@](O)([C@@H](C)C(=O)c1ccccc1)C(=O)N2. The van der Waals surface area contributed by atoms with Crippen molar-refractivity contribution in [2.75, 3.05) is 5.32 Å². The molecular formula is C18H17NO3.